The molecular weight excluding hydrogens is 469 g/mol. The summed E-state index contributed by atoms with van der Waals surface area (Å²) in [5.74, 6) is -0.485. The molecule has 1 aliphatic heterocycles. The molecule has 0 unspecified atom stereocenters. The highest BCUT2D eigenvalue weighted by atomic mass is 19.4. The van der Waals surface area contributed by atoms with Gasteiger partial charge in [-0.05, 0) is 69.0 Å². The molecule has 2 atom stereocenters. The largest absolute Gasteiger partial charge is 0.433 e. The van der Waals surface area contributed by atoms with Gasteiger partial charge in [-0.15, -0.1) is 0 Å². The predicted molar refractivity (Wildman–Crippen MR) is 131 cm³/mol. The van der Waals surface area contributed by atoms with Gasteiger partial charge in [0.15, 0.2) is 0 Å². The number of likely N-dealkylation sites (tertiary alicyclic amines) is 1. The summed E-state index contributed by atoms with van der Waals surface area (Å²) in [6.07, 6.45) is 2.79. The molecule has 2 amide bonds. The van der Waals surface area contributed by atoms with E-state index in [9.17, 15) is 22.8 Å². The second-order valence-corrected chi connectivity index (χ2v) is 9.94. The topological polar surface area (TPSA) is 74.3 Å². The van der Waals surface area contributed by atoms with Gasteiger partial charge in [0.05, 0.1) is 0 Å². The fourth-order valence-electron chi connectivity index (χ4n) is 5.16. The van der Waals surface area contributed by atoms with Crippen molar-refractivity contribution >= 4 is 17.5 Å². The van der Waals surface area contributed by atoms with E-state index in [1.165, 1.54) is 31.4 Å². The quantitative estimate of drug-likeness (QED) is 0.555. The Morgan fingerprint density at radius 1 is 1.06 bits per heavy atom. The fourth-order valence-corrected chi connectivity index (χ4v) is 5.16. The summed E-state index contributed by atoms with van der Waals surface area (Å²) < 4.78 is 38.8. The van der Waals surface area contributed by atoms with E-state index in [2.05, 4.69) is 27.4 Å². The first-order chi connectivity index (χ1) is 17.2. The Morgan fingerprint density at radius 2 is 1.81 bits per heavy atom. The van der Waals surface area contributed by atoms with Crippen LogP contribution in [0.3, 0.4) is 0 Å². The molecular formula is C27H33F3N4O2. The van der Waals surface area contributed by atoms with Crippen molar-refractivity contribution in [2.45, 2.75) is 76.7 Å². The highest BCUT2D eigenvalue weighted by Crippen LogP contribution is 2.28. The lowest BCUT2D eigenvalue weighted by Crippen LogP contribution is -2.47. The Bertz CT molecular complexity index is 1070. The van der Waals surface area contributed by atoms with Gasteiger partial charge in [-0.25, -0.2) is 4.98 Å². The Kier molecular flexibility index (Phi) is 8.28. The van der Waals surface area contributed by atoms with Gasteiger partial charge in [-0.2, -0.15) is 13.2 Å². The minimum absolute atomic E-state index is 0.0313. The van der Waals surface area contributed by atoms with Crippen LogP contribution in [0.2, 0.25) is 0 Å². The lowest BCUT2D eigenvalue weighted by Gasteiger charge is -2.38. The minimum atomic E-state index is -4.61. The number of aromatic nitrogens is 1. The summed E-state index contributed by atoms with van der Waals surface area (Å²) in [5, 5.41) is 5.91. The highest BCUT2D eigenvalue weighted by molar-refractivity contribution is 6.02. The number of anilines is 1. The van der Waals surface area contributed by atoms with Crippen LogP contribution in [0.5, 0.6) is 0 Å². The third-order valence-corrected chi connectivity index (χ3v) is 7.18. The van der Waals surface area contributed by atoms with Crippen LogP contribution < -0.4 is 10.6 Å². The summed E-state index contributed by atoms with van der Waals surface area (Å²) in [6, 6.07) is 11.1. The monoisotopic (exact) mass is 502 g/mol. The maximum atomic E-state index is 12.9. The number of piperidine rings is 1. The van der Waals surface area contributed by atoms with Crippen molar-refractivity contribution in [3.05, 3.63) is 59.4 Å². The molecule has 36 heavy (non-hydrogen) atoms. The maximum absolute atomic E-state index is 12.9. The number of carbonyl (C=O) groups excluding carboxylic acids is 2. The second-order valence-electron chi connectivity index (χ2n) is 9.94. The second kappa shape index (κ2) is 11.4. The van der Waals surface area contributed by atoms with Gasteiger partial charge >= 0.3 is 6.18 Å². The molecule has 2 fully saturated rings. The fraction of sp³-hybridized carbons (Fsp3) is 0.519. The summed E-state index contributed by atoms with van der Waals surface area (Å²) >= 11 is 0. The SMILES string of the molecule is C[C@H]1C[C@@H](C(=O)NC2CCCCC2)CCN1Cc1cccc(NC(=O)c2cccc(C(F)(F)F)n2)c1. The van der Waals surface area contributed by atoms with Crippen LogP contribution in [0.25, 0.3) is 0 Å². The summed E-state index contributed by atoms with van der Waals surface area (Å²) in [7, 11) is 0. The van der Waals surface area contributed by atoms with Gasteiger partial charge in [-0.1, -0.05) is 37.5 Å². The molecule has 1 aromatic heterocycles. The number of rotatable bonds is 6. The molecule has 1 aromatic carbocycles. The smallest absolute Gasteiger partial charge is 0.353 e. The van der Waals surface area contributed by atoms with Crippen LogP contribution in [-0.2, 0) is 17.5 Å². The Hall–Kier alpha value is -2.94. The normalized spacial score (nSPS) is 21.7. The molecule has 1 saturated carbocycles. The van der Waals surface area contributed by atoms with Crippen LogP contribution in [0.1, 0.15) is 73.6 Å². The van der Waals surface area contributed by atoms with Crippen LogP contribution in [0.4, 0.5) is 18.9 Å². The summed E-state index contributed by atoms with van der Waals surface area (Å²) in [4.78, 5) is 31.0. The number of carbonyl (C=O) groups is 2. The number of amides is 2. The van der Waals surface area contributed by atoms with Gasteiger partial charge in [0, 0.05) is 30.2 Å². The van der Waals surface area contributed by atoms with Crippen LogP contribution in [-0.4, -0.2) is 40.3 Å². The molecule has 0 spiro atoms. The van der Waals surface area contributed by atoms with Crippen molar-refractivity contribution in [3.8, 4) is 0 Å². The van der Waals surface area contributed by atoms with Crippen LogP contribution in [0, 0.1) is 5.92 Å². The first kappa shape index (κ1) is 26.1. The Morgan fingerprint density at radius 3 is 2.53 bits per heavy atom. The van der Waals surface area contributed by atoms with Crippen molar-refractivity contribution in [2.75, 3.05) is 11.9 Å². The molecule has 2 aliphatic rings. The van der Waals surface area contributed by atoms with Crippen molar-refractivity contribution < 1.29 is 22.8 Å². The third-order valence-electron chi connectivity index (χ3n) is 7.18. The highest BCUT2D eigenvalue weighted by Gasteiger charge is 2.33. The van der Waals surface area contributed by atoms with Gasteiger partial charge in [-0.3, -0.25) is 14.5 Å². The van der Waals surface area contributed by atoms with Crippen LogP contribution >= 0.6 is 0 Å². The molecule has 0 radical (unpaired) electrons. The van der Waals surface area contributed by atoms with Crippen LogP contribution in [0.15, 0.2) is 42.5 Å². The molecule has 4 rings (SSSR count). The molecule has 6 nitrogen and oxygen atoms in total. The van der Waals surface area contributed by atoms with E-state index in [4.69, 9.17) is 0 Å². The van der Waals surface area contributed by atoms with E-state index in [1.807, 2.05) is 12.1 Å². The van der Waals surface area contributed by atoms with E-state index in [1.54, 1.807) is 12.1 Å². The molecule has 1 saturated heterocycles. The number of pyridine rings is 1. The van der Waals surface area contributed by atoms with E-state index in [0.29, 0.717) is 18.3 Å². The Labute approximate surface area is 209 Å². The number of halogens is 3. The zero-order chi connectivity index (χ0) is 25.7. The molecule has 0 bridgehead atoms. The molecule has 194 valence electrons. The predicted octanol–water partition coefficient (Wildman–Crippen LogP) is 5.40. The number of nitrogens with zero attached hydrogens (tertiary/aromatic N) is 2. The lowest BCUT2D eigenvalue weighted by atomic mass is 9.89. The maximum Gasteiger partial charge on any atom is 0.433 e. The minimum Gasteiger partial charge on any atom is -0.353 e. The molecule has 2 aromatic rings. The molecule has 2 heterocycles. The number of nitrogens with one attached hydrogen (secondary N) is 2. The van der Waals surface area contributed by atoms with Gasteiger partial charge in [0.2, 0.25) is 5.91 Å². The number of alkyl halides is 3. The number of hydrogen-bond acceptors (Lipinski definition) is 4. The first-order valence-electron chi connectivity index (χ1n) is 12.7. The van der Waals surface area contributed by atoms with Gasteiger partial charge < -0.3 is 10.6 Å². The lowest BCUT2D eigenvalue weighted by molar-refractivity contribution is -0.141. The van der Waals surface area contributed by atoms with Crippen molar-refractivity contribution in [3.63, 3.8) is 0 Å². The Balaban J connectivity index is 1.32. The zero-order valence-electron chi connectivity index (χ0n) is 20.5. The van der Waals surface area contributed by atoms with Crippen molar-refractivity contribution in [1.82, 2.24) is 15.2 Å². The summed E-state index contributed by atoms with van der Waals surface area (Å²) in [5.41, 5.74) is 0.0685. The number of benzene rings is 1. The zero-order valence-corrected chi connectivity index (χ0v) is 20.5. The van der Waals surface area contributed by atoms with Gasteiger partial charge in [0.25, 0.3) is 5.91 Å². The average Bonchev–Trinajstić information content (AvgIpc) is 2.85. The van der Waals surface area contributed by atoms with Crippen molar-refractivity contribution in [2.24, 2.45) is 5.92 Å². The van der Waals surface area contributed by atoms with E-state index < -0.39 is 17.8 Å². The molecule has 1 aliphatic carbocycles. The average molecular weight is 503 g/mol. The number of hydrogen-bond donors (Lipinski definition) is 2. The first-order valence-corrected chi connectivity index (χ1v) is 12.7. The van der Waals surface area contributed by atoms with Gasteiger partial charge in [0.1, 0.15) is 11.4 Å². The van der Waals surface area contributed by atoms with Crippen molar-refractivity contribution in [1.29, 1.82) is 0 Å². The third kappa shape index (κ3) is 6.84. The van der Waals surface area contributed by atoms with E-state index in [-0.39, 0.29) is 23.6 Å². The van der Waals surface area contributed by atoms with E-state index in [0.717, 1.165) is 43.9 Å². The standard InChI is InChI=1S/C27H33F3N4O2/c1-18-15-20(25(35)31-21-8-3-2-4-9-21)13-14-34(18)17-19-7-5-10-22(16-19)32-26(36)23-11-6-12-24(33-23)27(28,29)30/h5-7,10-12,16,18,20-21H,2-4,8-9,13-15,17H2,1H3,(H,31,35)(H,32,36)/t18-,20-/m0/s1. The molecule has 9 heteroatoms. The molecule has 2 N–H and O–H groups in total. The summed E-state index contributed by atoms with van der Waals surface area (Å²) in [6.45, 7) is 3.59. The van der Waals surface area contributed by atoms with E-state index >= 15 is 0 Å².